The summed E-state index contributed by atoms with van der Waals surface area (Å²) < 4.78 is 26.7. The number of hydrogen-bond donors (Lipinski definition) is 1. The summed E-state index contributed by atoms with van der Waals surface area (Å²) in [5.74, 6) is -0.218. The van der Waals surface area contributed by atoms with Crippen LogP contribution in [0.4, 0.5) is 5.69 Å². The molecule has 0 fully saturated rings. The molecule has 26 heavy (non-hydrogen) atoms. The van der Waals surface area contributed by atoms with Crippen molar-refractivity contribution in [1.82, 2.24) is 5.32 Å². The van der Waals surface area contributed by atoms with E-state index in [1.807, 2.05) is 6.92 Å². The molecule has 140 valence electrons. The molecular formula is C19H23ClN2O3S. The highest BCUT2D eigenvalue weighted by Gasteiger charge is 2.22. The molecule has 0 spiro atoms. The zero-order chi connectivity index (χ0) is 19.3. The molecule has 0 heterocycles. The first-order valence-corrected chi connectivity index (χ1v) is 10.2. The minimum absolute atomic E-state index is 0.0617. The number of nitrogens with one attached hydrogen (secondary N) is 1. The largest absolute Gasteiger partial charge is 0.350 e. The molecule has 0 saturated carbocycles. The summed E-state index contributed by atoms with van der Waals surface area (Å²) in [5.41, 5.74) is 0.833. The van der Waals surface area contributed by atoms with Gasteiger partial charge in [0.2, 0.25) is 0 Å². The van der Waals surface area contributed by atoms with Crippen molar-refractivity contribution >= 4 is 33.2 Å². The van der Waals surface area contributed by atoms with E-state index in [2.05, 4.69) is 12.2 Å². The van der Waals surface area contributed by atoms with Gasteiger partial charge in [0.25, 0.3) is 15.9 Å². The van der Waals surface area contributed by atoms with Crippen molar-refractivity contribution in [2.24, 2.45) is 0 Å². The highest BCUT2D eigenvalue weighted by atomic mass is 35.5. The predicted octanol–water partition coefficient (Wildman–Crippen LogP) is 4.08. The lowest BCUT2D eigenvalue weighted by molar-refractivity contribution is 0.0938. The molecule has 0 bridgehead atoms. The first-order valence-electron chi connectivity index (χ1n) is 8.41. The molecule has 7 heteroatoms. The molecule has 0 aliphatic carbocycles. The Kier molecular flexibility index (Phi) is 6.67. The van der Waals surface area contributed by atoms with Crippen LogP contribution in [0.2, 0.25) is 5.02 Å². The SMILES string of the molecule is CCCC(C)NC(=O)c1cccc(N(C)S(=O)(=O)c2ccc(Cl)cc2)c1. The molecule has 0 radical (unpaired) electrons. The molecule has 0 saturated heterocycles. The molecule has 1 N–H and O–H groups in total. The number of nitrogens with zero attached hydrogens (tertiary/aromatic N) is 1. The minimum atomic E-state index is -3.74. The molecule has 1 amide bonds. The van der Waals surface area contributed by atoms with E-state index in [4.69, 9.17) is 11.6 Å². The van der Waals surface area contributed by atoms with E-state index in [1.165, 1.54) is 31.3 Å². The molecule has 0 aliphatic heterocycles. The Hall–Kier alpha value is -2.05. The van der Waals surface area contributed by atoms with Crippen LogP contribution in [-0.2, 0) is 10.0 Å². The Balaban J connectivity index is 2.25. The number of carbonyl (C=O) groups is 1. The highest BCUT2D eigenvalue weighted by Crippen LogP contribution is 2.24. The maximum atomic E-state index is 12.8. The number of hydrogen-bond acceptors (Lipinski definition) is 3. The Bertz CT molecular complexity index is 867. The number of amides is 1. The molecule has 2 aromatic rings. The average Bonchev–Trinajstić information content (AvgIpc) is 2.61. The lowest BCUT2D eigenvalue weighted by Crippen LogP contribution is -2.32. The minimum Gasteiger partial charge on any atom is -0.350 e. The van der Waals surface area contributed by atoms with Crippen LogP contribution in [0.1, 0.15) is 37.0 Å². The van der Waals surface area contributed by atoms with E-state index in [1.54, 1.807) is 24.3 Å². The van der Waals surface area contributed by atoms with Crippen molar-refractivity contribution in [3.05, 3.63) is 59.1 Å². The van der Waals surface area contributed by atoms with Crippen LogP contribution in [0, 0.1) is 0 Å². The first-order chi connectivity index (χ1) is 12.3. The molecule has 1 unspecified atom stereocenters. The summed E-state index contributed by atoms with van der Waals surface area (Å²) in [5, 5.41) is 3.38. The normalized spacial score (nSPS) is 12.5. The second-order valence-electron chi connectivity index (χ2n) is 6.14. The monoisotopic (exact) mass is 394 g/mol. The van der Waals surface area contributed by atoms with E-state index >= 15 is 0 Å². The maximum absolute atomic E-state index is 12.8. The fourth-order valence-electron chi connectivity index (χ4n) is 2.56. The van der Waals surface area contributed by atoms with Gasteiger partial charge in [-0.05, 0) is 55.8 Å². The van der Waals surface area contributed by atoms with Crippen LogP contribution in [0.5, 0.6) is 0 Å². The molecule has 2 aromatic carbocycles. The van der Waals surface area contributed by atoms with Gasteiger partial charge in [-0.15, -0.1) is 0 Å². The van der Waals surface area contributed by atoms with Crippen molar-refractivity contribution in [1.29, 1.82) is 0 Å². The highest BCUT2D eigenvalue weighted by molar-refractivity contribution is 7.92. The van der Waals surface area contributed by atoms with Crippen molar-refractivity contribution in [2.45, 2.75) is 37.6 Å². The Labute approximate surface area is 160 Å². The fraction of sp³-hybridized carbons (Fsp3) is 0.316. The van der Waals surface area contributed by atoms with Crippen LogP contribution in [-0.4, -0.2) is 27.4 Å². The summed E-state index contributed by atoms with van der Waals surface area (Å²) in [7, 11) is -2.28. The van der Waals surface area contributed by atoms with Gasteiger partial charge in [0.1, 0.15) is 0 Å². The van der Waals surface area contributed by atoms with E-state index in [0.29, 0.717) is 16.3 Å². The van der Waals surface area contributed by atoms with E-state index < -0.39 is 10.0 Å². The number of sulfonamides is 1. The Morgan fingerprint density at radius 3 is 2.46 bits per heavy atom. The van der Waals surface area contributed by atoms with Gasteiger partial charge in [-0.25, -0.2) is 8.42 Å². The van der Waals surface area contributed by atoms with Crippen molar-refractivity contribution in [3.8, 4) is 0 Å². The van der Waals surface area contributed by atoms with Gasteiger partial charge < -0.3 is 5.32 Å². The van der Waals surface area contributed by atoms with E-state index in [-0.39, 0.29) is 16.8 Å². The van der Waals surface area contributed by atoms with Gasteiger partial charge in [-0.2, -0.15) is 0 Å². The summed E-state index contributed by atoms with van der Waals surface area (Å²) in [6.07, 6.45) is 1.86. The summed E-state index contributed by atoms with van der Waals surface area (Å²) in [4.78, 5) is 12.5. The number of carbonyl (C=O) groups excluding carboxylic acids is 1. The first kappa shape index (κ1) is 20.3. The van der Waals surface area contributed by atoms with Gasteiger partial charge >= 0.3 is 0 Å². The van der Waals surface area contributed by atoms with Crippen LogP contribution in [0.25, 0.3) is 0 Å². The number of anilines is 1. The van der Waals surface area contributed by atoms with Crippen LogP contribution < -0.4 is 9.62 Å². The number of rotatable bonds is 7. The second-order valence-corrected chi connectivity index (χ2v) is 8.55. The zero-order valence-corrected chi connectivity index (χ0v) is 16.6. The molecule has 5 nitrogen and oxygen atoms in total. The average molecular weight is 395 g/mol. The summed E-state index contributed by atoms with van der Waals surface area (Å²) in [6, 6.07) is 12.6. The van der Waals surface area contributed by atoms with Gasteiger partial charge in [0, 0.05) is 23.7 Å². The van der Waals surface area contributed by atoms with Gasteiger partial charge in [-0.1, -0.05) is 31.0 Å². The summed E-state index contributed by atoms with van der Waals surface area (Å²) in [6.45, 7) is 4.00. The standard InChI is InChI=1S/C19H23ClN2O3S/c1-4-6-14(2)21-19(23)15-7-5-8-17(13-15)22(3)26(24,25)18-11-9-16(20)10-12-18/h5,7-14H,4,6H2,1-3H3,(H,21,23). The molecule has 1 atom stereocenters. The van der Waals surface area contributed by atoms with Crippen LogP contribution in [0.3, 0.4) is 0 Å². The number of benzene rings is 2. The lowest BCUT2D eigenvalue weighted by atomic mass is 10.1. The smallest absolute Gasteiger partial charge is 0.264 e. The van der Waals surface area contributed by atoms with Crippen molar-refractivity contribution < 1.29 is 13.2 Å². The van der Waals surface area contributed by atoms with Crippen molar-refractivity contribution in [2.75, 3.05) is 11.4 Å². The van der Waals surface area contributed by atoms with Crippen LogP contribution >= 0.6 is 11.6 Å². The topological polar surface area (TPSA) is 66.5 Å². The van der Waals surface area contributed by atoms with Crippen LogP contribution in [0.15, 0.2) is 53.4 Å². The van der Waals surface area contributed by atoms with E-state index in [0.717, 1.165) is 17.1 Å². The van der Waals surface area contributed by atoms with Gasteiger partial charge in [-0.3, -0.25) is 9.10 Å². The van der Waals surface area contributed by atoms with Gasteiger partial charge in [0.15, 0.2) is 0 Å². The quantitative estimate of drug-likeness (QED) is 0.769. The molecular weight excluding hydrogens is 372 g/mol. The molecule has 0 aliphatic rings. The third kappa shape index (κ3) is 4.77. The third-order valence-electron chi connectivity index (χ3n) is 4.04. The van der Waals surface area contributed by atoms with E-state index in [9.17, 15) is 13.2 Å². The molecule has 2 rings (SSSR count). The fourth-order valence-corrected chi connectivity index (χ4v) is 3.87. The third-order valence-corrected chi connectivity index (χ3v) is 6.09. The predicted molar refractivity (Wildman–Crippen MR) is 105 cm³/mol. The summed E-state index contributed by atoms with van der Waals surface area (Å²) >= 11 is 5.82. The Morgan fingerprint density at radius 1 is 1.19 bits per heavy atom. The lowest BCUT2D eigenvalue weighted by Gasteiger charge is -2.20. The molecule has 0 aromatic heterocycles. The zero-order valence-electron chi connectivity index (χ0n) is 15.1. The van der Waals surface area contributed by atoms with Crippen molar-refractivity contribution in [3.63, 3.8) is 0 Å². The number of halogens is 1. The second kappa shape index (κ2) is 8.56. The Morgan fingerprint density at radius 2 is 1.85 bits per heavy atom. The maximum Gasteiger partial charge on any atom is 0.264 e. The van der Waals surface area contributed by atoms with Gasteiger partial charge in [0.05, 0.1) is 10.6 Å².